The normalized spacial score (nSPS) is 18.3. The van der Waals surface area contributed by atoms with Gasteiger partial charge in [0.15, 0.2) is 0 Å². The van der Waals surface area contributed by atoms with E-state index >= 15 is 0 Å². The van der Waals surface area contributed by atoms with Crippen LogP contribution in [0.1, 0.15) is 21.7 Å². The van der Waals surface area contributed by atoms with E-state index in [4.69, 9.17) is 4.74 Å². The molecule has 1 aromatic heterocycles. The monoisotopic (exact) mass is 308 g/mol. The second kappa shape index (κ2) is 6.09. The molecule has 0 spiro atoms. The Morgan fingerprint density at radius 1 is 1.57 bits per heavy atom. The van der Waals surface area contributed by atoms with E-state index in [0.717, 1.165) is 24.2 Å². The van der Waals surface area contributed by atoms with Crippen molar-refractivity contribution in [3.63, 3.8) is 0 Å². The number of thiophene rings is 1. The van der Waals surface area contributed by atoms with Gasteiger partial charge in [0.25, 0.3) is 5.91 Å². The smallest absolute Gasteiger partial charge is 0.262 e. The minimum atomic E-state index is -0.308. The lowest BCUT2D eigenvalue weighted by Gasteiger charge is -2.11. The minimum Gasteiger partial charge on any atom is -0.380 e. The maximum atomic E-state index is 14.1. The first kappa shape index (κ1) is 14.4. The Morgan fingerprint density at radius 3 is 3.14 bits per heavy atom. The van der Waals surface area contributed by atoms with Gasteiger partial charge in [-0.05, 0) is 25.1 Å². The first-order valence-electron chi connectivity index (χ1n) is 6.91. The largest absolute Gasteiger partial charge is 0.380 e. The number of hydrogen-bond donors (Lipinski definition) is 2. The van der Waals surface area contributed by atoms with Crippen LogP contribution in [0.3, 0.4) is 0 Å². The van der Waals surface area contributed by atoms with E-state index in [9.17, 15) is 9.18 Å². The maximum Gasteiger partial charge on any atom is 0.262 e. The summed E-state index contributed by atoms with van der Waals surface area (Å²) in [5.41, 5.74) is 0.638. The van der Waals surface area contributed by atoms with Gasteiger partial charge in [0.05, 0.1) is 11.5 Å². The predicted molar refractivity (Wildman–Crippen MR) is 81.2 cm³/mol. The van der Waals surface area contributed by atoms with Crippen LogP contribution in [0.5, 0.6) is 0 Å². The number of rotatable bonds is 4. The number of carbonyl (C=O) groups excluding carboxylic acids is 1. The fraction of sp³-hybridized carbons (Fsp3) is 0.400. The number of halogens is 1. The second-order valence-corrected chi connectivity index (χ2v) is 6.17. The topological polar surface area (TPSA) is 50.4 Å². The summed E-state index contributed by atoms with van der Waals surface area (Å²) < 4.78 is 20.0. The summed E-state index contributed by atoms with van der Waals surface area (Å²) in [6.07, 6.45) is 0.921. The summed E-state index contributed by atoms with van der Waals surface area (Å²) in [5.74, 6) is -0.450. The van der Waals surface area contributed by atoms with Gasteiger partial charge in [-0.15, -0.1) is 11.3 Å². The standard InChI is InChI=1S/C15H17FN2O2S/c1-20-8-10-13-11(16)3-2-4-12(13)21-14(10)15(19)18-9-5-6-17-7-9/h2-4,9,17H,5-8H2,1H3,(H,18,19)/t9-/m0/s1. The molecule has 21 heavy (non-hydrogen) atoms. The highest BCUT2D eigenvalue weighted by Crippen LogP contribution is 2.33. The van der Waals surface area contributed by atoms with Crippen LogP contribution in [0.25, 0.3) is 10.1 Å². The molecule has 0 radical (unpaired) electrons. The van der Waals surface area contributed by atoms with Crippen molar-refractivity contribution in [2.75, 3.05) is 20.2 Å². The lowest BCUT2D eigenvalue weighted by atomic mass is 10.1. The molecule has 2 aromatic rings. The number of nitrogens with one attached hydrogen (secondary N) is 2. The number of fused-ring (bicyclic) bond motifs is 1. The molecule has 0 saturated carbocycles. The van der Waals surface area contributed by atoms with Crippen LogP contribution < -0.4 is 10.6 Å². The molecule has 1 aromatic carbocycles. The van der Waals surface area contributed by atoms with Gasteiger partial charge in [0, 0.05) is 35.3 Å². The van der Waals surface area contributed by atoms with Crippen LogP contribution >= 0.6 is 11.3 Å². The molecule has 2 heterocycles. The van der Waals surface area contributed by atoms with Crippen LogP contribution in [0.15, 0.2) is 18.2 Å². The molecular weight excluding hydrogens is 291 g/mol. The van der Waals surface area contributed by atoms with Crippen LogP contribution in [-0.4, -0.2) is 32.1 Å². The fourth-order valence-corrected chi connectivity index (χ4v) is 3.79. The van der Waals surface area contributed by atoms with Gasteiger partial charge in [-0.1, -0.05) is 6.07 Å². The molecule has 1 atom stereocenters. The molecule has 4 nitrogen and oxygen atoms in total. The Balaban J connectivity index is 1.98. The molecule has 1 fully saturated rings. The van der Waals surface area contributed by atoms with Crippen molar-refractivity contribution in [1.29, 1.82) is 0 Å². The zero-order valence-corrected chi connectivity index (χ0v) is 12.6. The van der Waals surface area contributed by atoms with Crippen molar-refractivity contribution in [2.24, 2.45) is 0 Å². The summed E-state index contributed by atoms with van der Waals surface area (Å²) in [6, 6.07) is 5.04. The minimum absolute atomic E-state index is 0.142. The summed E-state index contributed by atoms with van der Waals surface area (Å²) in [4.78, 5) is 13.0. The van der Waals surface area contributed by atoms with Crippen LogP contribution in [-0.2, 0) is 11.3 Å². The summed E-state index contributed by atoms with van der Waals surface area (Å²) >= 11 is 1.32. The van der Waals surface area contributed by atoms with E-state index in [1.807, 2.05) is 6.07 Å². The van der Waals surface area contributed by atoms with Gasteiger partial charge >= 0.3 is 0 Å². The molecule has 0 aliphatic carbocycles. The van der Waals surface area contributed by atoms with Gasteiger partial charge in [-0.3, -0.25) is 4.79 Å². The average molecular weight is 308 g/mol. The van der Waals surface area contributed by atoms with Crippen molar-refractivity contribution in [3.05, 3.63) is 34.5 Å². The summed E-state index contributed by atoms with van der Waals surface area (Å²) in [5, 5.41) is 6.71. The van der Waals surface area contributed by atoms with E-state index in [1.54, 1.807) is 13.2 Å². The SMILES string of the molecule is COCc1c(C(=O)N[C@H]2CCNC2)sc2cccc(F)c12. The maximum absolute atomic E-state index is 14.1. The Kier molecular flexibility index (Phi) is 4.19. The first-order chi connectivity index (χ1) is 10.2. The molecule has 1 saturated heterocycles. The molecule has 1 amide bonds. The van der Waals surface area contributed by atoms with E-state index in [0.29, 0.717) is 15.8 Å². The van der Waals surface area contributed by atoms with E-state index in [-0.39, 0.29) is 24.4 Å². The van der Waals surface area contributed by atoms with Gasteiger partial charge in [0.1, 0.15) is 5.82 Å². The summed E-state index contributed by atoms with van der Waals surface area (Å²) in [6.45, 7) is 1.92. The number of amides is 1. The van der Waals surface area contributed by atoms with Crippen molar-refractivity contribution < 1.29 is 13.9 Å². The number of ether oxygens (including phenoxy) is 1. The predicted octanol–water partition coefficient (Wildman–Crippen LogP) is 2.28. The lowest BCUT2D eigenvalue weighted by Crippen LogP contribution is -2.36. The van der Waals surface area contributed by atoms with Crippen molar-refractivity contribution in [1.82, 2.24) is 10.6 Å². The molecule has 2 N–H and O–H groups in total. The first-order valence-corrected chi connectivity index (χ1v) is 7.72. The average Bonchev–Trinajstić information content (AvgIpc) is 3.08. The Hall–Kier alpha value is -1.50. The highest BCUT2D eigenvalue weighted by atomic mass is 32.1. The molecular formula is C15H17FN2O2S. The van der Waals surface area contributed by atoms with Crippen LogP contribution in [0.4, 0.5) is 4.39 Å². The van der Waals surface area contributed by atoms with E-state index < -0.39 is 0 Å². The van der Waals surface area contributed by atoms with E-state index in [1.165, 1.54) is 17.4 Å². The van der Waals surface area contributed by atoms with Gasteiger partial charge < -0.3 is 15.4 Å². The van der Waals surface area contributed by atoms with Crippen molar-refractivity contribution in [2.45, 2.75) is 19.1 Å². The third kappa shape index (κ3) is 2.79. The molecule has 1 aliphatic heterocycles. The molecule has 3 rings (SSSR count). The zero-order valence-electron chi connectivity index (χ0n) is 11.7. The Labute approximate surface area is 126 Å². The zero-order chi connectivity index (χ0) is 14.8. The third-order valence-electron chi connectivity index (χ3n) is 3.65. The van der Waals surface area contributed by atoms with Gasteiger partial charge in [-0.2, -0.15) is 0 Å². The fourth-order valence-electron chi connectivity index (χ4n) is 2.66. The second-order valence-electron chi connectivity index (χ2n) is 5.12. The highest BCUT2D eigenvalue weighted by Gasteiger charge is 2.23. The van der Waals surface area contributed by atoms with Crippen molar-refractivity contribution >= 4 is 27.3 Å². The van der Waals surface area contributed by atoms with Crippen LogP contribution in [0, 0.1) is 5.82 Å². The van der Waals surface area contributed by atoms with Crippen molar-refractivity contribution in [3.8, 4) is 0 Å². The Bertz CT molecular complexity index is 665. The molecule has 0 unspecified atom stereocenters. The van der Waals surface area contributed by atoms with Gasteiger partial charge in [-0.25, -0.2) is 4.39 Å². The Morgan fingerprint density at radius 2 is 2.43 bits per heavy atom. The number of methoxy groups -OCH3 is 1. The molecule has 112 valence electrons. The molecule has 1 aliphatic rings. The number of carbonyl (C=O) groups is 1. The lowest BCUT2D eigenvalue weighted by molar-refractivity contribution is 0.0940. The summed E-state index contributed by atoms with van der Waals surface area (Å²) in [7, 11) is 1.55. The number of hydrogen-bond acceptors (Lipinski definition) is 4. The number of benzene rings is 1. The third-order valence-corrected chi connectivity index (χ3v) is 4.85. The van der Waals surface area contributed by atoms with Crippen LogP contribution in [0.2, 0.25) is 0 Å². The quantitative estimate of drug-likeness (QED) is 0.911. The highest BCUT2D eigenvalue weighted by molar-refractivity contribution is 7.21. The van der Waals surface area contributed by atoms with E-state index in [2.05, 4.69) is 10.6 Å². The molecule has 0 bridgehead atoms. The molecule has 6 heteroatoms. The van der Waals surface area contributed by atoms with Gasteiger partial charge in [0.2, 0.25) is 0 Å².